The fourth-order valence-electron chi connectivity index (χ4n) is 4.66. The molecule has 11 nitrogen and oxygen atoms in total. The quantitative estimate of drug-likeness (QED) is 0.296. The summed E-state index contributed by atoms with van der Waals surface area (Å²) in [7, 11) is -2.00. The molecule has 0 aliphatic heterocycles. The average molecular weight is 605 g/mol. The van der Waals surface area contributed by atoms with Crippen LogP contribution in [-0.2, 0) is 28.9 Å². The number of aromatic nitrogens is 5. The molecule has 0 bridgehead atoms. The molecule has 0 aliphatic carbocycles. The first-order valence-electron chi connectivity index (χ1n) is 13.2. The van der Waals surface area contributed by atoms with Crippen molar-refractivity contribution in [1.82, 2.24) is 24.5 Å². The second-order valence-corrected chi connectivity index (χ2v) is 13.2. The highest BCUT2D eigenvalue weighted by atomic mass is 32.2. The average Bonchev–Trinajstić information content (AvgIpc) is 2.94. The SMILES string of the molecule is Cn1nc(-c2cccc(-n3ncc4cc(C(C)(C)C)cc(F)c4c3=O)c2CO)cc(Nc2ccc(S(C)(=O)=O)cn2)c1=O. The van der Waals surface area contributed by atoms with Crippen molar-refractivity contribution in [3.63, 3.8) is 0 Å². The summed E-state index contributed by atoms with van der Waals surface area (Å²) in [5, 5.41) is 22.2. The normalized spacial score (nSPS) is 12.1. The van der Waals surface area contributed by atoms with Crippen molar-refractivity contribution in [2.24, 2.45) is 7.05 Å². The van der Waals surface area contributed by atoms with Gasteiger partial charge in [0, 0.05) is 36.0 Å². The Kier molecular flexibility index (Phi) is 7.48. The van der Waals surface area contributed by atoms with Crippen LogP contribution in [0.25, 0.3) is 27.7 Å². The van der Waals surface area contributed by atoms with Crippen molar-refractivity contribution in [3.05, 3.63) is 98.6 Å². The Morgan fingerprint density at radius 1 is 1.02 bits per heavy atom. The maximum atomic E-state index is 15.3. The number of anilines is 2. The van der Waals surface area contributed by atoms with Crippen LogP contribution in [0.2, 0.25) is 0 Å². The van der Waals surface area contributed by atoms with Gasteiger partial charge in [0.1, 0.15) is 17.3 Å². The Hall–Kier alpha value is -4.75. The number of aliphatic hydroxyl groups is 1. The predicted molar refractivity (Wildman–Crippen MR) is 161 cm³/mol. The summed E-state index contributed by atoms with van der Waals surface area (Å²) < 4.78 is 40.9. The molecule has 0 fully saturated rings. The van der Waals surface area contributed by atoms with E-state index in [0.29, 0.717) is 10.9 Å². The zero-order valence-corrected chi connectivity index (χ0v) is 24.9. The highest BCUT2D eigenvalue weighted by Gasteiger charge is 2.21. The summed E-state index contributed by atoms with van der Waals surface area (Å²) >= 11 is 0. The van der Waals surface area contributed by atoms with Crippen LogP contribution in [0.5, 0.6) is 0 Å². The summed E-state index contributed by atoms with van der Waals surface area (Å²) in [5.41, 5.74) is 0.452. The molecular weight excluding hydrogens is 575 g/mol. The Labute approximate surface area is 246 Å². The molecule has 2 N–H and O–H groups in total. The minimum Gasteiger partial charge on any atom is -0.392 e. The molecule has 0 amide bonds. The molecular formula is C30H29FN6O5S. The van der Waals surface area contributed by atoms with Gasteiger partial charge in [0.2, 0.25) is 0 Å². The molecule has 5 aromatic rings. The van der Waals surface area contributed by atoms with Gasteiger partial charge in [-0.15, -0.1) is 0 Å². The first-order valence-corrected chi connectivity index (χ1v) is 15.0. The van der Waals surface area contributed by atoms with Gasteiger partial charge < -0.3 is 10.4 Å². The van der Waals surface area contributed by atoms with Gasteiger partial charge in [0.15, 0.2) is 9.84 Å². The van der Waals surface area contributed by atoms with Crippen LogP contribution in [-0.4, -0.2) is 44.3 Å². The number of sulfone groups is 1. The van der Waals surface area contributed by atoms with E-state index in [-0.39, 0.29) is 44.1 Å². The highest BCUT2D eigenvalue weighted by Crippen LogP contribution is 2.30. The van der Waals surface area contributed by atoms with E-state index in [1.165, 1.54) is 43.7 Å². The first-order chi connectivity index (χ1) is 20.2. The van der Waals surface area contributed by atoms with Crippen LogP contribution in [0.15, 0.2) is 75.4 Å². The Morgan fingerprint density at radius 3 is 2.40 bits per heavy atom. The maximum absolute atomic E-state index is 15.3. The predicted octanol–water partition coefficient (Wildman–Crippen LogP) is 3.62. The van der Waals surface area contributed by atoms with Gasteiger partial charge in [-0.3, -0.25) is 9.59 Å². The smallest absolute Gasteiger partial charge is 0.290 e. The first kappa shape index (κ1) is 29.7. The lowest BCUT2D eigenvalue weighted by Gasteiger charge is -2.20. The van der Waals surface area contributed by atoms with Gasteiger partial charge in [-0.25, -0.2) is 22.5 Å². The van der Waals surface area contributed by atoms with Crippen LogP contribution < -0.4 is 16.4 Å². The number of aliphatic hydroxyl groups excluding tert-OH is 1. The summed E-state index contributed by atoms with van der Waals surface area (Å²) in [6.45, 7) is 5.31. The van der Waals surface area contributed by atoms with E-state index in [2.05, 4.69) is 20.5 Å². The largest absolute Gasteiger partial charge is 0.392 e. The molecule has 0 saturated carbocycles. The van der Waals surface area contributed by atoms with Crippen LogP contribution in [0.3, 0.4) is 0 Å². The number of benzene rings is 2. The molecule has 3 heterocycles. The fraction of sp³-hybridized carbons (Fsp3) is 0.233. The number of halogens is 1. The molecule has 0 atom stereocenters. The van der Waals surface area contributed by atoms with E-state index < -0.39 is 33.4 Å². The standard InChI is InChI=1S/C30H29FN6O5S/c1-30(2,3)18-11-17-14-33-37(29(40)27(17)22(31)12-18)25-8-6-7-20(21(25)16-38)23-13-24(28(39)36(4)35-23)34-26-10-9-19(15-32-26)43(5,41)42/h6-15,38H,16H2,1-5H3,(H,32,34). The molecule has 43 heavy (non-hydrogen) atoms. The van der Waals surface area contributed by atoms with Crippen molar-refractivity contribution in [3.8, 4) is 16.9 Å². The lowest BCUT2D eigenvalue weighted by atomic mass is 9.86. The van der Waals surface area contributed by atoms with E-state index in [1.807, 2.05) is 20.8 Å². The lowest BCUT2D eigenvalue weighted by molar-refractivity contribution is 0.281. The molecule has 0 unspecified atom stereocenters. The van der Waals surface area contributed by atoms with E-state index in [9.17, 15) is 23.1 Å². The molecule has 3 aromatic heterocycles. The van der Waals surface area contributed by atoms with Crippen molar-refractivity contribution in [1.29, 1.82) is 0 Å². The second-order valence-electron chi connectivity index (χ2n) is 11.1. The van der Waals surface area contributed by atoms with Crippen LogP contribution in [0.4, 0.5) is 15.9 Å². The summed E-state index contributed by atoms with van der Waals surface area (Å²) in [6.07, 6.45) is 3.66. The van der Waals surface area contributed by atoms with Gasteiger partial charge in [0.25, 0.3) is 11.1 Å². The third kappa shape index (κ3) is 5.68. The van der Waals surface area contributed by atoms with Gasteiger partial charge in [-0.05, 0) is 47.4 Å². The third-order valence-electron chi connectivity index (χ3n) is 7.01. The lowest BCUT2D eigenvalue weighted by Crippen LogP contribution is -2.24. The van der Waals surface area contributed by atoms with Crippen LogP contribution in [0.1, 0.15) is 31.9 Å². The molecule has 2 aromatic carbocycles. The number of fused-ring (bicyclic) bond motifs is 1. The van der Waals surface area contributed by atoms with E-state index in [4.69, 9.17) is 0 Å². The summed E-state index contributed by atoms with van der Waals surface area (Å²) in [4.78, 5) is 30.5. The number of rotatable bonds is 6. The molecule has 0 spiro atoms. The number of hydrogen-bond acceptors (Lipinski definition) is 9. The summed E-state index contributed by atoms with van der Waals surface area (Å²) in [6, 6.07) is 12.2. The Balaban J connectivity index is 1.61. The summed E-state index contributed by atoms with van der Waals surface area (Å²) in [5.74, 6) is -0.444. The zero-order valence-electron chi connectivity index (χ0n) is 24.1. The minimum atomic E-state index is -3.45. The van der Waals surface area contributed by atoms with Gasteiger partial charge >= 0.3 is 0 Å². The maximum Gasteiger partial charge on any atom is 0.290 e. The van der Waals surface area contributed by atoms with Crippen molar-refractivity contribution in [2.45, 2.75) is 37.7 Å². The van der Waals surface area contributed by atoms with E-state index >= 15 is 4.39 Å². The molecule has 0 radical (unpaired) electrons. The third-order valence-corrected chi connectivity index (χ3v) is 8.11. The molecule has 0 saturated heterocycles. The van der Waals surface area contributed by atoms with Gasteiger partial charge in [0.05, 0.1) is 34.5 Å². The van der Waals surface area contributed by atoms with Crippen LogP contribution >= 0.6 is 0 Å². The van der Waals surface area contributed by atoms with Crippen molar-refractivity contribution >= 4 is 32.1 Å². The number of aryl methyl sites for hydroxylation is 1. The number of nitrogens with zero attached hydrogens (tertiary/aromatic N) is 5. The molecule has 5 rings (SSSR count). The van der Waals surface area contributed by atoms with Gasteiger partial charge in [-0.1, -0.05) is 32.9 Å². The van der Waals surface area contributed by atoms with E-state index in [1.54, 1.807) is 24.3 Å². The van der Waals surface area contributed by atoms with Crippen molar-refractivity contribution < 1.29 is 17.9 Å². The number of nitrogens with one attached hydrogen (secondary N) is 1. The zero-order chi connectivity index (χ0) is 31.3. The number of hydrogen-bond donors (Lipinski definition) is 2. The van der Waals surface area contributed by atoms with Crippen molar-refractivity contribution in [2.75, 3.05) is 11.6 Å². The molecule has 222 valence electrons. The molecule has 13 heteroatoms. The number of pyridine rings is 1. The van der Waals surface area contributed by atoms with Crippen LogP contribution in [0, 0.1) is 5.82 Å². The minimum absolute atomic E-state index is 0.0258. The van der Waals surface area contributed by atoms with Gasteiger partial charge in [-0.2, -0.15) is 14.9 Å². The topological polar surface area (TPSA) is 149 Å². The monoisotopic (exact) mass is 604 g/mol. The second kappa shape index (κ2) is 10.8. The fourth-order valence-corrected chi connectivity index (χ4v) is 5.22. The Bertz CT molecular complexity index is 2120. The molecule has 0 aliphatic rings. The van der Waals surface area contributed by atoms with E-state index in [0.717, 1.165) is 21.2 Å². The Morgan fingerprint density at radius 2 is 1.77 bits per heavy atom. The highest BCUT2D eigenvalue weighted by molar-refractivity contribution is 7.90.